The number of amidine groups is 1. The monoisotopic (exact) mass is 570 g/mol. The molecule has 0 N–H and O–H groups in total. The number of carbonyl (C=O) groups excluding carboxylic acids is 1. The van der Waals surface area contributed by atoms with Crippen molar-refractivity contribution in [1.82, 2.24) is 4.90 Å². The first-order valence-electron chi connectivity index (χ1n) is 12.6. The third kappa shape index (κ3) is 4.95. The highest BCUT2D eigenvalue weighted by Crippen LogP contribution is 2.54. The number of ether oxygens (including phenoxy) is 1. The summed E-state index contributed by atoms with van der Waals surface area (Å²) >= 11 is 18.9. The summed E-state index contributed by atoms with van der Waals surface area (Å²) in [4.78, 5) is 20.2. The molecule has 0 saturated heterocycles. The summed E-state index contributed by atoms with van der Waals surface area (Å²) < 4.78 is 6.30. The molecule has 2 atom stereocenters. The third-order valence-corrected chi connectivity index (χ3v) is 8.05. The molecule has 1 amide bonds. The quantitative estimate of drug-likeness (QED) is 0.226. The molecule has 0 aliphatic carbocycles. The Hall–Kier alpha value is -2.53. The van der Waals surface area contributed by atoms with Gasteiger partial charge in [-0.25, -0.2) is 0 Å². The van der Waals surface area contributed by atoms with Gasteiger partial charge in [-0.3, -0.25) is 14.7 Å². The molecule has 0 unspecified atom stereocenters. The van der Waals surface area contributed by atoms with Crippen molar-refractivity contribution < 1.29 is 9.53 Å². The van der Waals surface area contributed by atoms with Crippen LogP contribution in [0.4, 0.5) is 4.79 Å². The zero-order chi connectivity index (χ0) is 28.0. The number of rotatable bonds is 5. The van der Waals surface area contributed by atoms with E-state index in [1.807, 2.05) is 88.4 Å². The van der Waals surface area contributed by atoms with Crippen LogP contribution in [0.3, 0.4) is 0 Å². The van der Waals surface area contributed by atoms with Crippen LogP contribution >= 0.6 is 34.8 Å². The van der Waals surface area contributed by atoms with E-state index >= 15 is 0 Å². The summed E-state index contributed by atoms with van der Waals surface area (Å²) in [6.45, 7) is 14.4. The molecule has 7 heteroatoms. The van der Waals surface area contributed by atoms with E-state index in [-0.39, 0.29) is 11.5 Å². The Bertz CT molecular complexity index is 1380. The van der Waals surface area contributed by atoms with E-state index < -0.39 is 16.4 Å². The minimum atomic E-state index is -1.00. The molecule has 0 radical (unpaired) electrons. The first kappa shape index (κ1) is 28.5. The molecule has 0 saturated carbocycles. The Morgan fingerprint density at radius 1 is 0.895 bits per heavy atom. The van der Waals surface area contributed by atoms with Gasteiger partial charge < -0.3 is 4.74 Å². The molecular formula is C31H33Cl3N2O2. The zero-order valence-corrected chi connectivity index (χ0v) is 25.0. The number of hydrogen-bond donors (Lipinski definition) is 0. The number of halogens is 3. The molecular weight excluding hydrogens is 539 g/mol. The summed E-state index contributed by atoms with van der Waals surface area (Å²) in [5.74, 6) is 1.09. The molecule has 1 aliphatic rings. The molecule has 4 nitrogen and oxygen atoms in total. The predicted molar refractivity (Wildman–Crippen MR) is 158 cm³/mol. The molecule has 0 aromatic heterocycles. The van der Waals surface area contributed by atoms with Gasteiger partial charge in [-0.15, -0.1) is 0 Å². The van der Waals surface area contributed by atoms with Gasteiger partial charge >= 0.3 is 5.37 Å². The Kier molecular flexibility index (Phi) is 7.66. The Labute approximate surface area is 240 Å². The molecule has 0 fully saturated rings. The fourth-order valence-corrected chi connectivity index (χ4v) is 5.57. The van der Waals surface area contributed by atoms with Crippen molar-refractivity contribution in [3.63, 3.8) is 0 Å². The minimum Gasteiger partial charge on any atom is -0.490 e. The Morgan fingerprint density at radius 2 is 1.42 bits per heavy atom. The van der Waals surface area contributed by atoms with Crippen molar-refractivity contribution in [3.8, 4) is 5.75 Å². The van der Waals surface area contributed by atoms with E-state index in [1.165, 1.54) is 0 Å². The van der Waals surface area contributed by atoms with E-state index in [0.717, 1.165) is 16.7 Å². The third-order valence-electron chi connectivity index (χ3n) is 7.38. The van der Waals surface area contributed by atoms with Crippen LogP contribution in [0.1, 0.15) is 70.7 Å². The van der Waals surface area contributed by atoms with Crippen LogP contribution < -0.4 is 4.74 Å². The first-order chi connectivity index (χ1) is 17.7. The molecule has 1 heterocycles. The highest BCUT2D eigenvalue weighted by molar-refractivity contribution is 6.64. The molecule has 4 rings (SSSR count). The Balaban J connectivity index is 2.04. The minimum absolute atomic E-state index is 0.0866. The second-order valence-corrected chi connectivity index (χ2v) is 12.5. The van der Waals surface area contributed by atoms with Gasteiger partial charge in [-0.05, 0) is 97.8 Å². The van der Waals surface area contributed by atoms with Crippen molar-refractivity contribution in [3.05, 3.63) is 99.0 Å². The van der Waals surface area contributed by atoms with Crippen molar-refractivity contribution >= 4 is 46.0 Å². The zero-order valence-electron chi connectivity index (χ0n) is 22.8. The normalized spacial score (nSPS) is 21.6. The van der Waals surface area contributed by atoms with E-state index in [9.17, 15) is 4.79 Å². The van der Waals surface area contributed by atoms with Gasteiger partial charge in [0, 0.05) is 10.0 Å². The summed E-state index contributed by atoms with van der Waals surface area (Å²) in [7, 11) is 0. The van der Waals surface area contributed by atoms with Gasteiger partial charge in [-0.1, -0.05) is 74.3 Å². The highest BCUT2D eigenvalue weighted by atomic mass is 35.5. The first-order valence-corrected chi connectivity index (χ1v) is 13.7. The SMILES string of the molecule is CC(C)Oc1cc(C(C)(C)C)ccc1C1=N[C@@](C)(c2ccc(Cl)cc2)[C@@](C)(c2ccc(Cl)cc2)N1C(=O)Cl. The van der Waals surface area contributed by atoms with Gasteiger partial charge in [0.15, 0.2) is 0 Å². The topological polar surface area (TPSA) is 41.9 Å². The lowest BCUT2D eigenvalue weighted by molar-refractivity contribution is 0.149. The molecule has 0 bridgehead atoms. The van der Waals surface area contributed by atoms with Crippen LogP contribution in [0, 0.1) is 0 Å². The number of hydrogen-bond acceptors (Lipinski definition) is 3. The van der Waals surface area contributed by atoms with Crippen LogP contribution in [0.5, 0.6) is 5.75 Å². The van der Waals surface area contributed by atoms with Gasteiger partial charge in [0.1, 0.15) is 22.7 Å². The standard InChI is InChI=1S/C31H33Cl3N2O2/c1-19(2)38-26-18-22(29(3,4)5)12-17-25(26)27-35-30(6,20-8-13-23(32)14-9-20)31(7,36(27)28(34)37)21-10-15-24(33)16-11-21/h8-19H,1-7H3/t30-,31+/m0/s1. The maximum absolute atomic E-state index is 13.3. The highest BCUT2D eigenvalue weighted by Gasteiger charge is 2.59. The average Bonchev–Trinajstić information content (AvgIpc) is 3.07. The molecule has 200 valence electrons. The fourth-order valence-electron chi connectivity index (χ4n) is 5.07. The number of benzene rings is 3. The van der Waals surface area contributed by atoms with Crippen molar-refractivity contribution in [2.75, 3.05) is 0 Å². The van der Waals surface area contributed by atoms with Crippen LogP contribution in [0.2, 0.25) is 10.0 Å². The van der Waals surface area contributed by atoms with E-state index in [0.29, 0.717) is 27.2 Å². The van der Waals surface area contributed by atoms with Crippen LogP contribution in [0.25, 0.3) is 0 Å². The second kappa shape index (κ2) is 10.2. The molecule has 3 aromatic rings. The summed E-state index contributed by atoms with van der Waals surface area (Å²) in [5, 5.41) is 0.566. The predicted octanol–water partition coefficient (Wildman–Crippen LogP) is 9.33. The largest absolute Gasteiger partial charge is 0.490 e. The van der Waals surface area contributed by atoms with Crippen molar-refractivity contribution in [1.29, 1.82) is 0 Å². The van der Waals surface area contributed by atoms with E-state index in [4.69, 9.17) is 44.5 Å². The summed E-state index contributed by atoms with van der Waals surface area (Å²) in [6, 6.07) is 21.0. The number of carbonyl (C=O) groups is 1. The number of nitrogens with zero attached hydrogens (tertiary/aromatic N) is 2. The fraction of sp³-hybridized carbons (Fsp3) is 0.355. The number of aliphatic imine (C=N–C) groups is 1. The Morgan fingerprint density at radius 3 is 1.89 bits per heavy atom. The molecule has 1 aliphatic heterocycles. The number of amides is 1. The van der Waals surface area contributed by atoms with Crippen LogP contribution in [0.15, 0.2) is 71.7 Å². The lowest BCUT2D eigenvalue weighted by atomic mass is 9.71. The second-order valence-electron chi connectivity index (χ2n) is 11.3. The van der Waals surface area contributed by atoms with Crippen LogP contribution in [-0.2, 0) is 16.5 Å². The smallest absolute Gasteiger partial charge is 0.322 e. The summed E-state index contributed by atoms with van der Waals surface area (Å²) in [6.07, 6.45) is -0.0866. The average molecular weight is 572 g/mol. The lowest BCUT2D eigenvalue weighted by Crippen LogP contribution is -2.53. The maximum atomic E-state index is 13.3. The summed E-state index contributed by atoms with van der Waals surface area (Å²) in [5.41, 5.74) is 1.50. The van der Waals surface area contributed by atoms with Gasteiger partial charge in [0.05, 0.1) is 11.7 Å². The molecule has 38 heavy (non-hydrogen) atoms. The van der Waals surface area contributed by atoms with Gasteiger partial charge in [-0.2, -0.15) is 0 Å². The lowest BCUT2D eigenvalue weighted by Gasteiger charge is -2.44. The van der Waals surface area contributed by atoms with E-state index in [1.54, 1.807) is 4.90 Å². The van der Waals surface area contributed by atoms with Gasteiger partial charge in [0.25, 0.3) is 0 Å². The van der Waals surface area contributed by atoms with Gasteiger partial charge in [0.2, 0.25) is 0 Å². The maximum Gasteiger partial charge on any atom is 0.322 e. The van der Waals surface area contributed by atoms with E-state index in [2.05, 4.69) is 26.8 Å². The van der Waals surface area contributed by atoms with Crippen LogP contribution in [-0.4, -0.2) is 22.2 Å². The van der Waals surface area contributed by atoms with Crippen molar-refractivity contribution in [2.45, 2.75) is 71.1 Å². The molecule has 3 aromatic carbocycles. The van der Waals surface area contributed by atoms with Crippen molar-refractivity contribution in [2.24, 2.45) is 4.99 Å². The molecule has 0 spiro atoms.